The Labute approximate surface area is 170 Å². The normalized spacial score (nSPS) is 11.0. The second-order valence-corrected chi connectivity index (χ2v) is 10.1. The predicted octanol–water partition coefficient (Wildman–Crippen LogP) is 3.20. The van der Waals surface area contributed by atoms with E-state index in [9.17, 15) is 4.79 Å². The average molecular weight is 474 g/mol. The second-order valence-electron chi connectivity index (χ2n) is 6.88. The first-order valence-electron chi connectivity index (χ1n) is 10.4. The summed E-state index contributed by atoms with van der Waals surface area (Å²) in [5.41, 5.74) is 1.11. The van der Waals surface area contributed by atoms with Gasteiger partial charge in [-0.3, -0.25) is 0 Å². The van der Waals surface area contributed by atoms with Crippen LogP contribution in [0.15, 0.2) is 24.3 Å². The Morgan fingerprint density at radius 3 is 2.12 bits per heavy atom. The molecule has 1 rings (SSSR count). The second kappa shape index (κ2) is 16.4. The van der Waals surface area contributed by atoms with E-state index < -0.39 is 5.97 Å². The predicted molar refractivity (Wildman–Crippen MR) is 108 cm³/mol. The number of anilines is 1. The van der Waals surface area contributed by atoms with Crippen LogP contribution in [0.25, 0.3) is 0 Å². The third-order valence-corrected chi connectivity index (χ3v) is 7.59. The van der Waals surface area contributed by atoms with Crippen molar-refractivity contribution >= 4 is 11.7 Å². The van der Waals surface area contributed by atoms with Gasteiger partial charge < -0.3 is 0 Å². The number of halogens is 1. The number of para-hydroxylation sites is 1. The SMILES string of the molecule is CCCCCCCCCCCC[I-]CCCNc1ccccc1C(=O)O. The summed E-state index contributed by atoms with van der Waals surface area (Å²) in [5, 5.41) is 12.4. The number of carbonyl (C=O) groups is 1. The van der Waals surface area contributed by atoms with Gasteiger partial charge in [-0.1, -0.05) is 0 Å². The van der Waals surface area contributed by atoms with Gasteiger partial charge in [-0.2, -0.15) is 0 Å². The fourth-order valence-corrected chi connectivity index (χ4v) is 5.52. The van der Waals surface area contributed by atoms with Gasteiger partial charge in [-0.25, -0.2) is 0 Å². The molecule has 0 heterocycles. The van der Waals surface area contributed by atoms with Gasteiger partial charge in [0.2, 0.25) is 0 Å². The molecule has 0 atom stereocenters. The van der Waals surface area contributed by atoms with E-state index in [1.54, 1.807) is 12.1 Å². The summed E-state index contributed by atoms with van der Waals surface area (Å²) < 4.78 is 2.78. The molecule has 0 bridgehead atoms. The molecule has 0 saturated heterocycles. The first-order chi connectivity index (χ1) is 12.8. The number of hydrogen-bond acceptors (Lipinski definition) is 2. The minimum atomic E-state index is -0.860. The molecule has 4 heteroatoms. The molecule has 0 aliphatic heterocycles. The van der Waals surface area contributed by atoms with Crippen molar-refractivity contribution in [3.63, 3.8) is 0 Å². The van der Waals surface area contributed by atoms with Gasteiger partial charge in [-0.05, 0) is 0 Å². The molecule has 2 N–H and O–H groups in total. The molecule has 0 unspecified atom stereocenters. The number of nitrogens with one attached hydrogen (secondary N) is 1. The van der Waals surface area contributed by atoms with Crippen molar-refractivity contribution in [2.75, 3.05) is 20.7 Å². The number of aromatic carboxylic acids is 1. The Bertz CT molecular complexity index is 479. The van der Waals surface area contributed by atoms with Crippen molar-refractivity contribution in [3.8, 4) is 0 Å². The van der Waals surface area contributed by atoms with E-state index in [2.05, 4.69) is 12.2 Å². The van der Waals surface area contributed by atoms with E-state index in [1.165, 1.54) is 73.1 Å². The monoisotopic (exact) mass is 474 g/mol. The molecule has 1 aromatic carbocycles. The molecule has 3 nitrogen and oxygen atoms in total. The van der Waals surface area contributed by atoms with Gasteiger partial charge in [0.1, 0.15) is 0 Å². The van der Waals surface area contributed by atoms with Crippen LogP contribution in [0.2, 0.25) is 0 Å². The molecule has 0 aliphatic carbocycles. The number of rotatable bonds is 17. The van der Waals surface area contributed by atoms with Crippen molar-refractivity contribution in [1.82, 2.24) is 0 Å². The van der Waals surface area contributed by atoms with Crippen molar-refractivity contribution in [2.45, 2.75) is 77.6 Å². The number of hydrogen-bond donors (Lipinski definition) is 2. The van der Waals surface area contributed by atoms with Crippen LogP contribution >= 0.6 is 0 Å². The van der Waals surface area contributed by atoms with Crippen molar-refractivity contribution in [1.29, 1.82) is 0 Å². The summed E-state index contributed by atoms with van der Waals surface area (Å²) in [6, 6.07) is 7.16. The quantitative estimate of drug-likeness (QED) is 0.207. The van der Waals surface area contributed by atoms with E-state index in [-0.39, 0.29) is 0 Å². The van der Waals surface area contributed by atoms with Crippen LogP contribution in [-0.4, -0.2) is 26.5 Å². The van der Waals surface area contributed by atoms with Crippen LogP contribution in [0, 0.1) is 0 Å². The summed E-state index contributed by atoms with van der Waals surface area (Å²) in [4.78, 5) is 11.1. The number of alkyl halides is 2. The minimum absolute atomic E-state index is 0.329. The van der Waals surface area contributed by atoms with E-state index in [1.807, 2.05) is 12.1 Å². The van der Waals surface area contributed by atoms with Crippen molar-refractivity contribution in [2.24, 2.45) is 0 Å². The Balaban J connectivity index is 1.88. The van der Waals surface area contributed by atoms with Gasteiger partial charge in [0.25, 0.3) is 0 Å². The molecular weight excluding hydrogens is 437 g/mol. The van der Waals surface area contributed by atoms with Crippen LogP contribution in [0.1, 0.15) is 87.9 Å². The maximum atomic E-state index is 11.1. The summed E-state index contributed by atoms with van der Waals surface area (Å²) in [6.45, 7) is 3.15. The van der Waals surface area contributed by atoms with E-state index >= 15 is 0 Å². The molecule has 0 fully saturated rings. The molecule has 0 spiro atoms. The van der Waals surface area contributed by atoms with Gasteiger partial charge >= 0.3 is 171 Å². The molecular formula is C22H37INO2-. The standard InChI is InChI=1S/C22H37INO2/c1-2-3-4-5-6-7-8-9-10-13-17-23-18-14-19-24-21-16-12-11-15-20(21)22(25)26/h11-12,15-16,24H,2-10,13-14,17-19H2,1H3,(H,25,26)/q-1. The average Bonchev–Trinajstić information content (AvgIpc) is 2.65. The number of benzene rings is 1. The summed E-state index contributed by atoms with van der Waals surface area (Å²) in [5.74, 6) is -0.860. The number of unbranched alkanes of at least 4 members (excludes halogenated alkanes) is 9. The summed E-state index contributed by atoms with van der Waals surface area (Å²) in [7, 11) is 0. The number of carboxylic acids is 1. The first-order valence-corrected chi connectivity index (χ1v) is 13.4. The summed E-state index contributed by atoms with van der Waals surface area (Å²) in [6.07, 6.45) is 15.3. The first kappa shape index (κ1) is 23.3. The van der Waals surface area contributed by atoms with E-state index in [0.717, 1.165) is 18.7 Å². The fraction of sp³-hybridized carbons (Fsp3) is 0.682. The molecule has 1 aromatic rings. The molecule has 26 heavy (non-hydrogen) atoms. The van der Waals surface area contributed by atoms with Crippen LogP contribution in [0.3, 0.4) is 0 Å². The molecule has 0 saturated carbocycles. The van der Waals surface area contributed by atoms with Gasteiger partial charge in [0, 0.05) is 0 Å². The van der Waals surface area contributed by atoms with Crippen LogP contribution in [-0.2, 0) is 0 Å². The third-order valence-electron chi connectivity index (χ3n) is 4.54. The summed E-state index contributed by atoms with van der Waals surface area (Å²) >= 11 is 0.329. The van der Waals surface area contributed by atoms with Crippen LogP contribution in [0.5, 0.6) is 0 Å². The zero-order valence-corrected chi connectivity index (χ0v) is 18.6. The molecule has 150 valence electrons. The molecule has 0 amide bonds. The zero-order chi connectivity index (χ0) is 18.9. The molecule has 0 aromatic heterocycles. The van der Waals surface area contributed by atoms with Crippen molar-refractivity contribution < 1.29 is 31.1 Å². The molecule has 0 radical (unpaired) electrons. The van der Waals surface area contributed by atoms with Crippen molar-refractivity contribution in [3.05, 3.63) is 29.8 Å². The topological polar surface area (TPSA) is 49.3 Å². The fourth-order valence-electron chi connectivity index (χ4n) is 2.98. The van der Waals surface area contributed by atoms with Crippen LogP contribution < -0.4 is 26.5 Å². The van der Waals surface area contributed by atoms with Gasteiger partial charge in [0.15, 0.2) is 0 Å². The van der Waals surface area contributed by atoms with E-state index in [4.69, 9.17) is 5.11 Å². The van der Waals surface area contributed by atoms with E-state index in [0.29, 0.717) is 26.8 Å². The van der Waals surface area contributed by atoms with Gasteiger partial charge in [-0.15, -0.1) is 0 Å². The zero-order valence-electron chi connectivity index (χ0n) is 16.4. The Hall–Kier alpha value is -0.780. The Kier molecular flexibility index (Phi) is 14.7. The third kappa shape index (κ3) is 11.8. The van der Waals surface area contributed by atoms with Crippen LogP contribution in [0.4, 0.5) is 5.69 Å². The Morgan fingerprint density at radius 2 is 1.46 bits per heavy atom. The Morgan fingerprint density at radius 1 is 0.885 bits per heavy atom. The maximum absolute atomic E-state index is 11.1. The molecule has 0 aliphatic rings. The van der Waals surface area contributed by atoms with Gasteiger partial charge in [0.05, 0.1) is 0 Å². The number of carboxylic acid groups (broad SMARTS) is 1.